The lowest BCUT2D eigenvalue weighted by Gasteiger charge is -2.22. The van der Waals surface area contributed by atoms with Crippen LogP contribution in [0.25, 0.3) is 0 Å². The fraction of sp³-hybridized carbons (Fsp3) is 0.500. The lowest BCUT2D eigenvalue weighted by molar-refractivity contribution is -0.385. The van der Waals surface area contributed by atoms with Gasteiger partial charge in [0.25, 0.3) is 5.91 Å². The first kappa shape index (κ1) is 14.7. The summed E-state index contributed by atoms with van der Waals surface area (Å²) in [6, 6.07) is 1.29. The number of pyridine rings is 1. The molecule has 0 aromatic carbocycles. The van der Waals surface area contributed by atoms with Gasteiger partial charge < -0.3 is 10.1 Å². The van der Waals surface area contributed by atoms with E-state index in [0.717, 1.165) is 19.4 Å². The van der Waals surface area contributed by atoms with Crippen LogP contribution < -0.4 is 5.32 Å². The molecular weight excluding hydrogens is 286 g/mol. The number of nitrogens with one attached hydrogen (secondary N) is 1. The second-order valence-electron chi connectivity index (χ2n) is 4.55. The highest BCUT2D eigenvalue weighted by atomic mass is 35.5. The Morgan fingerprint density at radius 1 is 1.65 bits per heavy atom. The van der Waals surface area contributed by atoms with Gasteiger partial charge in [-0.2, -0.15) is 0 Å². The molecule has 8 heteroatoms. The minimum atomic E-state index is -0.700. The lowest BCUT2D eigenvalue weighted by Crippen LogP contribution is -2.33. The highest BCUT2D eigenvalue weighted by Crippen LogP contribution is 2.25. The van der Waals surface area contributed by atoms with Gasteiger partial charge in [-0.05, 0) is 24.8 Å². The molecule has 1 fully saturated rings. The number of hydrogen-bond acceptors (Lipinski definition) is 5. The molecule has 0 aliphatic carbocycles. The molecule has 1 aromatic rings. The highest BCUT2D eigenvalue weighted by molar-refractivity contribution is 6.32. The molecule has 0 radical (unpaired) electrons. The quantitative estimate of drug-likeness (QED) is 0.520. The second kappa shape index (κ2) is 6.62. The third kappa shape index (κ3) is 3.43. The maximum Gasteiger partial charge on any atom is 0.319 e. The summed E-state index contributed by atoms with van der Waals surface area (Å²) in [5, 5.41) is 13.3. The fourth-order valence-corrected chi connectivity index (χ4v) is 2.31. The van der Waals surface area contributed by atoms with Crippen molar-refractivity contribution in [3.8, 4) is 0 Å². The van der Waals surface area contributed by atoms with Crippen molar-refractivity contribution in [1.29, 1.82) is 0 Å². The predicted octanol–water partition coefficient (Wildman–Crippen LogP) is 1.80. The molecule has 2 heterocycles. The van der Waals surface area contributed by atoms with Crippen LogP contribution in [0.4, 0.5) is 5.69 Å². The first-order valence-electron chi connectivity index (χ1n) is 6.24. The molecule has 0 bridgehead atoms. The minimum absolute atomic E-state index is 0.0771. The van der Waals surface area contributed by atoms with E-state index in [1.807, 2.05) is 0 Å². The summed E-state index contributed by atoms with van der Waals surface area (Å²) >= 11 is 5.66. The number of nitrogens with zero attached hydrogens (tertiary/aromatic N) is 2. The molecule has 20 heavy (non-hydrogen) atoms. The van der Waals surface area contributed by atoms with Gasteiger partial charge in [0.15, 0.2) is 0 Å². The average molecular weight is 300 g/mol. The summed E-state index contributed by atoms with van der Waals surface area (Å²) in [6.45, 7) is 1.77. The van der Waals surface area contributed by atoms with Crippen LogP contribution in [0.1, 0.15) is 23.2 Å². The van der Waals surface area contributed by atoms with E-state index in [4.69, 9.17) is 16.3 Å². The van der Waals surface area contributed by atoms with Crippen molar-refractivity contribution in [1.82, 2.24) is 10.3 Å². The van der Waals surface area contributed by atoms with Crippen molar-refractivity contribution in [2.24, 2.45) is 5.92 Å². The number of amides is 1. The van der Waals surface area contributed by atoms with Gasteiger partial charge in [0, 0.05) is 19.3 Å². The Hall–Kier alpha value is -1.73. The number of aromatic nitrogens is 1. The summed E-state index contributed by atoms with van der Waals surface area (Å²) in [4.78, 5) is 25.9. The largest absolute Gasteiger partial charge is 0.381 e. The van der Waals surface area contributed by atoms with Crippen molar-refractivity contribution >= 4 is 23.2 Å². The molecule has 1 aliphatic rings. The van der Waals surface area contributed by atoms with Crippen LogP contribution in [0.2, 0.25) is 5.15 Å². The van der Waals surface area contributed by atoms with Crippen LogP contribution in [0.15, 0.2) is 12.3 Å². The van der Waals surface area contributed by atoms with E-state index in [9.17, 15) is 14.9 Å². The normalized spacial score (nSPS) is 18.6. The van der Waals surface area contributed by atoms with Crippen molar-refractivity contribution in [2.75, 3.05) is 19.8 Å². The zero-order valence-corrected chi connectivity index (χ0v) is 11.4. The maximum atomic E-state index is 12.0. The number of carbonyl (C=O) groups is 1. The minimum Gasteiger partial charge on any atom is -0.381 e. The topological polar surface area (TPSA) is 94.4 Å². The van der Waals surface area contributed by atoms with Crippen molar-refractivity contribution in [2.45, 2.75) is 12.8 Å². The Morgan fingerprint density at radius 2 is 2.45 bits per heavy atom. The zero-order chi connectivity index (χ0) is 14.5. The monoisotopic (exact) mass is 299 g/mol. The number of rotatable bonds is 4. The molecule has 1 saturated heterocycles. The van der Waals surface area contributed by atoms with Gasteiger partial charge in [-0.15, -0.1) is 0 Å². The van der Waals surface area contributed by atoms with Crippen LogP contribution in [-0.2, 0) is 4.74 Å². The van der Waals surface area contributed by atoms with Gasteiger partial charge in [0.2, 0.25) is 5.15 Å². The Balaban J connectivity index is 2.05. The van der Waals surface area contributed by atoms with E-state index in [1.54, 1.807) is 0 Å². The van der Waals surface area contributed by atoms with Crippen molar-refractivity contribution in [3.63, 3.8) is 0 Å². The molecule has 1 unspecified atom stereocenters. The maximum absolute atomic E-state index is 12.0. The van der Waals surface area contributed by atoms with E-state index >= 15 is 0 Å². The zero-order valence-electron chi connectivity index (χ0n) is 10.7. The molecule has 1 amide bonds. The molecular formula is C12H14ClN3O4. The van der Waals surface area contributed by atoms with Gasteiger partial charge in [0.05, 0.1) is 11.5 Å². The van der Waals surface area contributed by atoms with Gasteiger partial charge >= 0.3 is 5.69 Å². The van der Waals surface area contributed by atoms with Gasteiger partial charge in [-0.3, -0.25) is 14.9 Å². The Bertz CT molecular complexity index is 517. The van der Waals surface area contributed by atoms with E-state index in [2.05, 4.69) is 10.3 Å². The van der Waals surface area contributed by atoms with Gasteiger partial charge in [-0.25, -0.2) is 4.98 Å². The second-order valence-corrected chi connectivity index (χ2v) is 4.91. The number of halogens is 1. The fourth-order valence-electron chi connectivity index (χ4n) is 2.09. The lowest BCUT2D eigenvalue weighted by atomic mass is 10.0. The van der Waals surface area contributed by atoms with Gasteiger partial charge in [0.1, 0.15) is 5.56 Å². The molecule has 7 nitrogen and oxygen atoms in total. The van der Waals surface area contributed by atoms with Crippen LogP contribution >= 0.6 is 11.6 Å². The Morgan fingerprint density at radius 3 is 3.10 bits per heavy atom. The van der Waals surface area contributed by atoms with Crippen LogP contribution in [-0.4, -0.2) is 35.6 Å². The number of ether oxygens (including phenoxy) is 1. The molecule has 2 rings (SSSR count). The SMILES string of the molecule is O=C(NCC1CCCOC1)c1ccnc(Cl)c1[N+](=O)[O-]. The summed E-state index contributed by atoms with van der Waals surface area (Å²) in [6.07, 6.45) is 3.20. The van der Waals surface area contributed by atoms with Crippen LogP contribution in [0.5, 0.6) is 0 Å². The third-order valence-corrected chi connectivity index (χ3v) is 3.39. The first-order chi connectivity index (χ1) is 9.59. The molecule has 1 aromatic heterocycles. The first-order valence-corrected chi connectivity index (χ1v) is 6.62. The number of hydrogen-bond donors (Lipinski definition) is 1. The van der Waals surface area contributed by atoms with Crippen molar-refractivity contribution < 1.29 is 14.5 Å². The number of carbonyl (C=O) groups excluding carboxylic acids is 1. The molecule has 0 saturated carbocycles. The molecule has 0 spiro atoms. The molecule has 1 N–H and O–H groups in total. The Labute approximate surface area is 120 Å². The Kier molecular flexibility index (Phi) is 4.86. The van der Waals surface area contributed by atoms with Crippen LogP contribution in [0.3, 0.4) is 0 Å². The predicted molar refractivity (Wildman–Crippen MR) is 71.8 cm³/mol. The average Bonchev–Trinajstić information content (AvgIpc) is 2.45. The molecule has 1 aliphatic heterocycles. The highest BCUT2D eigenvalue weighted by Gasteiger charge is 2.25. The molecule has 108 valence electrons. The van der Waals surface area contributed by atoms with E-state index in [-0.39, 0.29) is 16.6 Å². The van der Waals surface area contributed by atoms with E-state index in [0.29, 0.717) is 13.2 Å². The standard InChI is InChI=1S/C12H14ClN3O4/c13-11-10(16(18)19)9(3-4-14-11)12(17)15-6-8-2-1-5-20-7-8/h3-4,8H,1-2,5-7H2,(H,15,17). The molecule has 1 atom stereocenters. The summed E-state index contributed by atoms with van der Waals surface area (Å²) < 4.78 is 5.31. The summed E-state index contributed by atoms with van der Waals surface area (Å²) in [5.74, 6) is -0.282. The summed E-state index contributed by atoms with van der Waals surface area (Å²) in [7, 11) is 0. The van der Waals surface area contributed by atoms with E-state index < -0.39 is 16.5 Å². The summed E-state index contributed by atoms with van der Waals surface area (Å²) in [5.41, 5.74) is -0.543. The smallest absolute Gasteiger partial charge is 0.319 e. The van der Waals surface area contributed by atoms with E-state index in [1.165, 1.54) is 12.3 Å². The van der Waals surface area contributed by atoms with Gasteiger partial charge in [-0.1, -0.05) is 11.6 Å². The third-order valence-electron chi connectivity index (χ3n) is 3.11. The van der Waals surface area contributed by atoms with Crippen molar-refractivity contribution in [3.05, 3.63) is 33.1 Å². The number of nitro groups is 1. The van der Waals surface area contributed by atoms with Crippen LogP contribution in [0, 0.1) is 16.0 Å².